The van der Waals surface area contributed by atoms with Gasteiger partial charge in [-0.25, -0.2) is 0 Å². The molecule has 0 aromatic carbocycles. The van der Waals surface area contributed by atoms with Gasteiger partial charge in [0.2, 0.25) is 0 Å². The predicted octanol–water partition coefficient (Wildman–Crippen LogP) is 3.19. The lowest BCUT2D eigenvalue weighted by molar-refractivity contribution is 0.165. The lowest BCUT2D eigenvalue weighted by Crippen LogP contribution is -2.45. The first-order valence-electron chi connectivity index (χ1n) is 6.81. The molecule has 0 unspecified atom stereocenters. The summed E-state index contributed by atoms with van der Waals surface area (Å²) in [6, 6.07) is 2.93. The third-order valence-corrected chi connectivity index (χ3v) is 4.75. The highest BCUT2D eigenvalue weighted by Crippen LogP contribution is 2.32. The van der Waals surface area contributed by atoms with Gasteiger partial charge >= 0.3 is 0 Å². The second-order valence-corrected chi connectivity index (χ2v) is 5.86. The van der Waals surface area contributed by atoms with E-state index >= 15 is 0 Å². The van der Waals surface area contributed by atoms with Crippen LogP contribution in [0.3, 0.4) is 0 Å². The van der Waals surface area contributed by atoms with Crippen LogP contribution >= 0.6 is 11.3 Å². The van der Waals surface area contributed by atoms with Gasteiger partial charge in [0.15, 0.2) is 0 Å². The van der Waals surface area contributed by atoms with Gasteiger partial charge in [-0.15, -0.1) is 11.3 Å². The quantitative estimate of drug-likeness (QED) is 0.866. The molecule has 0 aliphatic carbocycles. The highest BCUT2D eigenvalue weighted by molar-refractivity contribution is 7.10. The summed E-state index contributed by atoms with van der Waals surface area (Å²) in [6.07, 6.45) is 3.96. The number of hydrogen-bond acceptors (Lipinski definition) is 3. The van der Waals surface area contributed by atoms with Crippen molar-refractivity contribution in [3.63, 3.8) is 0 Å². The van der Waals surface area contributed by atoms with E-state index in [-0.39, 0.29) is 0 Å². The van der Waals surface area contributed by atoms with Crippen molar-refractivity contribution in [2.24, 2.45) is 0 Å². The van der Waals surface area contributed by atoms with Crippen molar-refractivity contribution >= 4 is 11.3 Å². The van der Waals surface area contributed by atoms with E-state index in [1.165, 1.54) is 37.9 Å². The maximum absolute atomic E-state index is 3.45. The summed E-state index contributed by atoms with van der Waals surface area (Å²) < 4.78 is 0. The summed E-state index contributed by atoms with van der Waals surface area (Å²) in [5, 5.41) is 5.69. The van der Waals surface area contributed by atoms with Gasteiger partial charge in [0.05, 0.1) is 0 Å². The van der Waals surface area contributed by atoms with Crippen LogP contribution in [0.1, 0.15) is 42.7 Å². The summed E-state index contributed by atoms with van der Waals surface area (Å²) in [5.41, 5.74) is 1.48. The van der Waals surface area contributed by atoms with Gasteiger partial charge in [0, 0.05) is 37.1 Å². The molecule has 2 rings (SSSR count). The molecule has 2 nitrogen and oxygen atoms in total. The molecule has 0 radical (unpaired) electrons. The molecule has 1 aliphatic heterocycles. The standard InChI is InChI=1S/C14H24N2S/c1-3-4-5-13(14-12(2)6-11-17-14)16-9-7-15-8-10-16/h6,11,13,15H,3-5,7-10H2,1-2H3/t13-/m1/s1. The van der Waals surface area contributed by atoms with Crippen LogP contribution in [0.4, 0.5) is 0 Å². The fourth-order valence-electron chi connectivity index (χ4n) is 2.60. The van der Waals surface area contributed by atoms with E-state index in [0.29, 0.717) is 6.04 Å². The van der Waals surface area contributed by atoms with Crippen molar-refractivity contribution < 1.29 is 0 Å². The Morgan fingerprint density at radius 1 is 1.41 bits per heavy atom. The zero-order chi connectivity index (χ0) is 12.1. The number of rotatable bonds is 5. The summed E-state index contributed by atoms with van der Waals surface area (Å²) >= 11 is 1.94. The van der Waals surface area contributed by atoms with E-state index in [2.05, 4.69) is 35.5 Å². The molecule has 0 bridgehead atoms. The van der Waals surface area contributed by atoms with Crippen molar-refractivity contribution in [2.45, 2.75) is 39.2 Å². The van der Waals surface area contributed by atoms with Crippen LogP contribution in [0.2, 0.25) is 0 Å². The van der Waals surface area contributed by atoms with Gasteiger partial charge in [-0.1, -0.05) is 19.8 Å². The smallest absolute Gasteiger partial charge is 0.0445 e. The molecule has 1 aromatic heterocycles. The van der Waals surface area contributed by atoms with E-state index in [4.69, 9.17) is 0 Å². The predicted molar refractivity (Wildman–Crippen MR) is 75.8 cm³/mol. The molecule has 1 N–H and O–H groups in total. The third kappa shape index (κ3) is 3.30. The van der Waals surface area contributed by atoms with Crippen molar-refractivity contribution in [3.8, 4) is 0 Å². The lowest BCUT2D eigenvalue weighted by atomic mass is 10.0. The summed E-state index contributed by atoms with van der Waals surface area (Å²) in [4.78, 5) is 4.27. The Bertz CT molecular complexity index is 329. The molecular weight excluding hydrogens is 228 g/mol. The van der Waals surface area contributed by atoms with E-state index in [9.17, 15) is 0 Å². The zero-order valence-corrected chi connectivity index (χ0v) is 11.9. The average molecular weight is 252 g/mol. The van der Waals surface area contributed by atoms with Gasteiger partial charge in [0.1, 0.15) is 0 Å². The fourth-order valence-corrected chi connectivity index (χ4v) is 3.69. The Kier molecular flexibility index (Phi) is 5.01. The molecule has 3 heteroatoms. The fraction of sp³-hybridized carbons (Fsp3) is 0.714. The lowest BCUT2D eigenvalue weighted by Gasteiger charge is -2.35. The number of hydrogen-bond donors (Lipinski definition) is 1. The van der Waals surface area contributed by atoms with E-state index in [1.807, 2.05) is 11.3 Å². The molecule has 2 heterocycles. The summed E-state index contributed by atoms with van der Waals surface area (Å²) in [6.45, 7) is 9.24. The molecule has 1 aromatic rings. The highest BCUT2D eigenvalue weighted by atomic mass is 32.1. The largest absolute Gasteiger partial charge is 0.314 e. The summed E-state index contributed by atoms with van der Waals surface area (Å²) in [5.74, 6) is 0. The average Bonchev–Trinajstić information content (AvgIpc) is 2.78. The minimum absolute atomic E-state index is 0.664. The number of thiophene rings is 1. The maximum Gasteiger partial charge on any atom is 0.0445 e. The molecule has 1 fully saturated rings. The number of nitrogens with zero attached hydrogens (tertiary/aromatic N) is 1. The SMILES string of the molecule is CCCC[C@H](c1sccc1C)N1CCNCC1. The van der Waals surface area contributed by atoms with Crippen molar-refractivity contribution in [2.75, 3.05) is 26.2 Å². The summed E-state index contributed by atoms with van der Waals surface area (Å²) in [7, 11) is 0. The van der Waals surface area contributed by atoms with Crippen molar-refractivity contribution in [3.05, 3.63) is 21.9 Å². The molecule has 0 saturated carbocycles. The van der Waals surface area contributed by atoms with Crippen LogP contribution in [0, 0.1) is 6.92 Å². The Balaban J connectivity index is 2.09. The van der Waals surface area contributed by atoms with Crippen molar-refractivity contribution in [1.82, 2.24) is 10.2 Å². The number of nitrogens with one attached hydrogen (secondary N) is 1. The van der Waals surface area contributed by atoms with Gasteiger partial charge in [0.25, 0.3) is 0 Å². The molecule has 96 valence electrons. The Morgan fingerprint density at radius 3 is 2.76 bits per heavy atom. The molecule has 17 heavy (non-hydrogen) atoms. The Morgan fingerprint density at radius 2 is 2.18 bits per heavy atom. The minimum Gasteiger partial charge on any atom is -0.314 e. The van der Waals surface area contributed by atoms with Gasteiger partial charge in [-0.05, 0) is 30.4 Å². The molecular formula is C14H24N2S. The zero-order valence-electron chi connectivity index (χ0n) is 11.0. The second kappa shape index (κ2) is 6.53. The van der Waals surface area contributed by atoms with Crippen LogP contribution in [-0.2, 0) is 0 Å². The van der Waals surface area contributed by atoms with Crippen LogP contribution in [0.25, 0.3) is 0 Å². The first-order chi connectivity index (χ1) is 8.33. The normalized spacial score (nSPS) is 19.4. The first kappa shape index (κ1) is 13.1. The van der Waals surface area contributed by atoms with Crippen LogP contribution < -0.4 is 5.32 Å². The third-order valence-electron chi connectivity index (χ3n) is 3.63. The van der Waals surface area contributed by atoms with Crippen LogP contribution in [-0.4, -0.2) is 31.1 Å². The van der Waals surface area contributed by atoms with Crippen molar-refractivity contribution in [1.29, 1.82) is 0 Å². The first-order valence-corrected chi connectivity index (χ1v) is 7.69. The Hall–Kier alpha value is -0.380. The molecule has 0 amide bonds. The number of aryl methyl sites for hydroxylation is 1. The molecule has 0 spiro atoms. The molecule has 1 atom stereocenters. The van der Waals surface area contributed by atoms with E-state index < -0.39 is 0 Å². The van der Waals surface area contributed by atoms with E-state index in [1.54, 1.807) is 4.88 Å². The van der Waals surface area contributed by atoms with Gasteiger partial charge in [-0.2, -0.15) is 0 Å². The molecule has 1 saturated heterocycles. The number of unbranched alkanes of at least 4 members (excludes halogenated alkanes) is 1. The second-order valence-electron chi connectivity index (χ2n) is 4.91. The van der Waals surface area contributed by atoms with Gasteiger partial charge < -0.3 is 5.32 Å². The highest BCUT2D eigenvalue weighted by Gasteiger charge is 2.23. The Labute approximate surface area is 109 Å². The number of piperazine rings is 1. The van der Waals surface area contributed by atoms with Crippen LogP contribution in [0.5, 0.6) is 0 Å². The van der Waals surface area contributed by atoms with Crippen LogP contribution in [0.15, 0.2) is 11.4 Å². The topological polar surface area (TPSA) is 15.3 Å². The molecule has 1 aliphatic rings. The van der Waals surface area contributed by atoms with E-state index in [0.717, 1.165) is 13.1 Å². The monoisotopic (exact) mass is 252 g/mol. The maximum atomic E-state index is 3.45. The van der Waals surface area contributed by atoms with Gasteiger partial charge in [-0.3, -0.25) is 4.90 Å². The minimum atomic E-state index is 0.664.